The summed E-state index contributed by atoms with van der Waals surface area (Å²) in [5, 5.41) is 34.2. The highest BCUT2D eigenvalue weighted by Crippen LogP contribution is 2.33. The summed E-state index contributed by atoms with van der Waals surface area (Å²) < 4.78 is 0. The molecule has 3 aromatic carbocycles. The van der Waals surface area contributed by atoms with Crippen molar-refractivity contribution < 1.29 is 20.1 Å². The van der Waals surface area contributed by atoms with Crippen LogP contribution in [-0.2, 0) is 0 Å². The molecule has 0 bridgehead atoms. The van der Waals surface area contributed by atoms with Gasteiger partial charge in [0.15, 0.2) is 11.5 Å². The molecule has 0 saturated carbocycles. The largest absolute Gasteiger partial charge is 0.507 e. The smallest absolute Gasteiger partial charge is 0.275 e. The summed E-state index contributed by atoms with van der Waals surface area (Å²) in [7, 11) is 0. The Labute approximate surface area is 147 Å². The highest BCUT2D eigenvalue weighted by atomic mass is 35.5. The van der Waals surface area contributed by atoms with Crippen molar-refractivity contribution in [2.45, 2.75) is 0 Å². The maximum Gasteiger partial charge on any atom is 0.275 e. The first-order valence-electron chi connectivity index (χ1n) is 7.22. The molecule has 0 aliphatic carbocycles. The molecular formula is C18H13ClN2O4. The van der Waals surface area contributed by atoms with Gasteiger partial charge in [0.05, 0.1) is 16.8 Å². The number of hydrogen-bond donors (Lipinski definition) is 4. The minimum absolute atomic E-state index is 0.0417. The van der Waals surface area contributed by atoms with Gasteiger partial charge in [-0.3, -0.25) is 4.79 Å². The predicted molar refractivity (Wildman–Crippen MR) is 95.5 cm³/mol. The van der Waals surface area contributed by atoms with Crippen molar-refractivity contribution in [2.75, 3.05) is 0 Å². The Bertz CT molecular complexity index is 979. The number of phenolic OH excluding ortho intramolecular Hbond substituents is 3. The van der Waals surface area contributed by atoms with Crippen molar-refractivity contribution in [3.63, 3.8) is 0 Å². The van der Waals surface area contributed by atoms with E-state index in [4.69, 9.17) is 11.6 Å². The zero-order valence-corrected chi connectivity index (χ0v) is 13.5. The van der Waals surface area contributed by atoms with Crippen LogP contribution >= 0.6 is 11.6 Å². The van der Waals surface area contributed by atoms with Gasteiger partial charge in [0, 0.05) is 0 Å². The van der Waals surface area contributed by atoms with Crippen molar-refractivity contribution in [2.24, 2.45) is 5.10 Å². The summed E-state index contributed by atoms with van der Waals surface area (Å²) in [6.45, 7) is 0. The molecule has 4 N–H and O–H groups in total. The van der Waals surface area contributed by atoms with Crippen molar-refractivity contribution in [1.29, 1.82) is 0 Å². The van der Waals surface area contributed by atoms with E-state index in [0.717, 1.165) is 10.8 Å². The molecule has 0 radical (unpaired) electrons. The lowest BCUT2D eigenvalue weighted by Crippen LogP contribution is -2.17. The predicted octanol–water partition coefficient (Wildman–Crippen LogP) is 3.37. The number of nitrogens with zero attached hydrogens (tertiary/aromatic N) is 1. The van der Waals surface area contributed by atoms with Gasteiger partial charge in [0.1, 0.15) is 5.75 Å². The highest BCUT2D eigenvalue weighted by Gasteiger charge is 2.12. The van der Waals surface area contributed by atoms with Gasteiger partial charge >= 0.3 is 0 Å². The number of halogens is 1. The van der Waals surface area contributed by atoms with Crippen molar-refractivity contribution >= 4 is 34.5 Å². The monoisotopic (exact) mass is 356 g/mol. The first kappa shape index (κ1) is 16.6. The summed E-state index contributed by atoms with van der Waals surface area (Å²) in [4.78, 5) is 12.2. The van der Waals surface area contributed by atoms with Crippen LogP contribution < -0.4 is 5.43 Å². The number of hydrazone groups is 1. The van der Waals surface area contributed by atoms with Gasteiger partial charge < -0.3 is 15.3 Å². The van der Waals surface area contributed by atoms with Crippen LogP contribution in [-0.4, -0.2) is 27.4 Å². The minimum Gasteiger partial charge on any atom is -0.507 e. The number of rotatable bonds is 3. The van der Waals surface area contributed by atoms with E-state index < -0.39 is 17.4 Å². The van der Waals surface area contributed by atoms with Crippen LogP contribution in [0.25, 0.3) is 10.8 Å². The Morgan fingerprint density at radius 2 is 1.68 bits per heavy atom. The Hall–Kier alpha value is -3.25. The Kier molecular flexibility index (Phi) is 4.45. The number of carbonyl (C=O) groups excluding carboxylic acids is 1. The fourth-order valence-corrected chi connectivity index (χ4v) is 2.54. The summed E-state index contributed by atoms with van der Waals surface area (Å²) >= 11 is 5.74. The summed E-state index contributed by atoms with van der Waals surface area (Å²) in [6.07, 6.45) is 1.25. The number of carbonyl (C=O) groups is 1. The van der Waals surface area contributed by atoms with Gasteiger partial charge in [-0.25, -0.2) is 5.43 Å². The maximum absolute atomic E-state index is 12.2. The second-order valence-corrected chi connectivity index (χ2v) is 5.69. The van der Waals surface area contributed by atoms with Gasteiger partial charge in [-0.2, -0.15) is 5.10 Å². The van der Waals surface area contributed by atoms with Crippen molar-refractivity contribution in [3.8, 4) is 17.2 Å². The number of phenols is 3. The van der Waals surface area contributed by atoms with Gasteiger partial charge in [-0.05, 0) is 40.6 Å². The lowest BCUT2D eigenvalue weighted by atomic mass is 10.1. The number of fused-ring (bicyclic) bond motifs is 1. The fraction of sp³-hybridized carbons (Fsp3) is 0. The first-order chi connectivity index (χ1) is 12.0. The molecule has 0 fully saturated rings. The summed E-state index contributed by atoms with van der Waals surface area (Å²) in [5.41, 5.74) is 2.75. The van der Waals surface area contributed by atoms with E-state index in [9.17, 15) is 20.1 Å². The molecule has 7 heteroatoms. The van der Waals surface area contributed by atoms with E-state index in [1.165, 1.54) is 24.4 Å². The van der Waals surface area contributed by atoms with E-state index in [-0.39, 0.29) is 16.3 Å². The molecule has 6 nitrogen and oxygen atoms in total. The van der Waals surface area contributed by atoms with Crippen LogP contribution in [0.2, 0.25) is 5.02 Å². The van der Waals surface area contributed by atoms with E-state index in [1.807, 2.05) is 24.3 Å². The third kappa shape index (κ3) is 3.49. The lowest BCUT2D eigenvalue weighted by molar-refractivity contribution is 0.0952. The standard InChI is InChI=1S/C18H13ClN2O4/c19-14-5-10(6-16(23)17(14)24)9-20-21-18(25)13-7-11-3-1-2-4-12(11)8-15(13)22/h1-9,22-24H,(H,21,25)/b20-9+. The molecule has 0 heterocycles. The number of benzene rings is 3. The average Bonchev–Trinajstić information content (AvgIpc) is 2.58. The maximum atomic E-state index is 12.2. The lowest BCUT2D eigenvalue weighted by Gasteiger charge is -2.06. The number of aromatic hydroxyl groups is 3. The molecule has 25 heavy (non-hydrogen) atoms. The quantitative estimate of drug-likeness (QED) is 0.328. The van der Waals surface area contributed by atoms with E-state index >= 15 is 0 Å². The van der Waals surface area contributed by atoms with Crippen LogP contribution in [0.15, 0.2) is 53.6 Å². The van der Waals surface area contributed by atoms with Crippen LogP contribution in [0.1, 0.15) is 15.9 Å². The Balaban J connectivity index is 1.80. The minimum atomic E-state index is -0.589. The topological polar surface area (TPSA) is 102 Å². The Morgan fingerprint density at radius 3 is 2.36 bits per heavy atom. The number of amides is 1. The molecule has 1 amide bonds. The third-order valence-electron chi connectivity index (χ3n) is 3.55. The molecule has 0 spiro atoms. The van der Waals surface area contributed by atoms with E-state index in [1.54, 1.807) is 6.07 Å². The summed E-state index contributed by atoms with van der Waals surface area (Å²) in [6, 6.07) is 13.0. The van der Waals surface area contributed by atoms with Crippen LogP contribution in [0, 0.1) is 0 Å². The second-order valence-electron chi connectivity index (χ2n) is 5.29. The molecule has 0 atom stereocenters. The average molecular weight is 357 g/mol. The molecule has 3 rings (SSSR count). The van der Waals surface area contributed by atoms with Gasteiger partial charge in [0.25, 0.3) is 5.91 Å². The zero-order chi connectivity index (χ0) is 18.0. The molecule has 0 unspecified atom stereocenters. The zero-order valence-electron chi connectivity index (χ0n) is 12.8. The number of nitrogens with one attached hydrogen (secondary N) is 1. The van der Waals surface area contributed by atoms with Crippen molar-refractivity contribution in [3.05, 3.63) is 64.7 Å². The van der Waals surface area contributed by atoms with E-state index in [2.05, 4.69) is 10.5 Å². The Morgan fingerprint density at radius 1 is 1.00 bits per heavy atom. The van der Waals surface area contributed by atoms with Gasteiger partial charge in [-0.15, -0.1) is 0 Å². The molecule has 0 aliphatic rings. The van der Waals surface area contributed by atoms with E-state index in [0.29, 0.717) is 5.56 Å². The van der Waals surface area contributed by atoms with Gasteiger partial charge in [0.2, 0.25) is 0 Å². The first-order valence-corrected chi connectivity index (χ1v) is 7.60. The summed E-state index contributed by atoms with van der Waals surface area (Å²) in [5.74, 6) is -1.57. The highest BCUT2D eigenvalue weighted by molar-refractivity contribution is 6.32. The number of hydrogen-bond acceptors (Lipinski definition) is 5. The SMILES string of the molecule is O=C(N/N=C/c1cc(O)c(O)c(Cl)c1)c1cc2ccccc2cc1O. The van der Waals surface area contributed by atoms with Crippen LogP contribution in [0.3, 0.4) is 0 Å². The van der Waals surface area contributed by atoms with Crippen LogP contribution in [0.4, 0.5) is 0 Å². The van der Waals surface area contributed by atoms with Crippen LogP contribution in [0.5, 0.6) is 17.2 Å². The van der Waals surface area contributed by atoms with Gasteiger partial charge in [-0.1, -0.05) is 35.9 Å². The van der Waals surface area contributed by atoms with Crippen molar-refractivity contribution in [1.82, 2.24) is 5.43 Å². The molecular weight excluding hydrogens is 344 g/mol. The molecule has 0 aliphatic heterocycles. The normalized spacial score (nSPS) is 11.1. The molecule has 126 valence electrons. The fourth-order valence-electron chi connectivity index (χ4n) is 2.32. The molecule has 3 aromatic rings. The molecule has 0 aromatic heterocycles. The molecule has 0 saturated heterocycles. The third-order valence-corrected chi connectivity index (χ3v) is 3.84. The second kappa shape index (κ2) is 6.70.